The Balaban J connectivity index is 1.47. The van der Waals surface area contributed by atoms with Gasteiger partial charge >= 0.3 is 0 Å². The summed E-state index contributed by atoms with van der Waals surface area (Å²) in [5, 5.41) is 3.31. The van der Waals surface area contributed by atoms with E-state index >= 15 is 0 Å². The number of aromatic nitrogens is 2. The van der Waals surface area contributed by atoms with Gasteiger partial charge in [-0.25, -0.2) is 9.97 Å². The Bertz CT molecular complexity index is 976. The smallest absolute Gasteiger partial charge is 0.297 e. The monoisotopic (exact) mass is 377 g/mol. The first kappa shape index (κ1) is 18.0. The van der Waals surface area contributed by atoms with Crippen LogP contribution in [-0.4, -0.2) is 29.0 Å². The maximum Gasteiger partial charge on any atom is 0.297 e. The molecule has 0 saturated carbocycles. The Morgan fingerprint density at radius 3 is 2.79 bits per heavy atom. The first-order valence-electron chi connectivity index (χ1n) is 9.39. The van der Waals surface area contributed by atoms with Gasteiger partial charge in [-0.05, 0) is 49.6 Å². The summed E-state index contributed by atoms with van der Waals surface area (Å²) in [5.41, 5.74) is 8.41. The Morgan fingerprint density at radius 1 is 1.21 bits per heavy atom. The van der Waals surface area contributed by atoms with E-state index in [-0.39, 0.29) is 11.8 Å². The molecule has 0 aliphatic carbocycles. The van der Waals surface area contributed by atoms with Gasteiger partial charge in [0.2, 0.25) is 5.91 Å². The fourth-order valence-corrected chi connectivity index (χ4v) is 3.40. The molecule has 2 aromatic heterocycles. The number of hydrogen-bond acceptors (Lipinski definition) is 6. The molecule has 0 unspecified atom stereocenters. The van der Waals surface area contributed by atoms with Gasteiger partial charge in [0, 0.05) is 36.5 Å². The number of amides is 1. The molecule has 0 atom stereocenters. The maximum atomic E-state index is 11.3. The molecule has 3 heterocycles. The summed E-state index contributed by atoms with van der Waals surface area (Å²) < 4.78 is 5.98. The lowest BCUT2D eigenvalue weighted by Gasteiger charge is -2.29. The number of oxazole rings is 1. The van der Waals surface area contributed by atoms with E-state index in [4.69, 9.17) is 10.2 Å². The average Bonchev–Trinajstić information content (AvgIpc) is 3.19. The molecule has 1 aromatic carbocycles. The van der Waals surface area contributed by atoms with Crippen LogP contribution in [-0.2, 0) is 4.79 Å². The predicted molar refractivity (Wildman–Crippen MR) is 108 cm³/mol. The lowest BCUT2D eigenvalue weighted by molar-refractivity contribution is -0.122. The lowest BCUT2D eigenvalue weighted by Crippen LogP contribution is -2.38. The predicted octanol–water partition coefficient (Wildman–Crippen LogP) is 3.49. The number of rotatable bonds is 5. The molecule has 7 nitrogen and oxygen atoms in total. The van der Waals surface area contributed by atoms with Crippen LogP contribution in [0.25, 0.3) is 11.3 Å². The van der Waals surface area contributed by atoms with Crippen molar-refractivity contribution in [3.63, 3.8) is 0 Å². The molecule has 4 rings (SSSR count). The van der Waals surface area contributed by atoms with Crippen molar-refractivity contribution >= 4 is 23.4 Å². The number of carbonyl (C=O) groups excluding carboxylic acids is 1. The number of nitrogens with two attached hydrogens (primary N) is 1. The quantitative estimate of drug-likeness (QED) is 0.706. The van der Waals surface area contributed by atoms with Crippen molar-refractivity contribution in [3.8, 4) is 11.3 Å². The third kappa shape index (κ3) is 3.98. The van der Waals surface area contributed by atoms with Crippen LogP contribution in [0.15, 0.2) is 53.2 Å². The highest BCUT2D eigenvalue weighted by Crippen LogP contribution is 2.29. The van der Waals surface area contributed by atoms with Crippen molar-refractivity contribution in [2.75, 3.05) is 23.3 Å². The van der Waals surface area contributed by atoms with Crippen molar-refractivity contribution < 1.29 is 9.21 Å². The van der Waals surface area contributed by atoms with Crippen LogP contribution in [0, 0.1) is 12.8 Å². The van der Waals surface area contributed by atoms with E-state index in [1.807, 2.05) is 43.3 Å². The number of nitrogens with zero attached hydrogens (tertiary/aromatic N) is 3. The molecule has 28 heavy (non-hydrogen) atoms. The molecule has 3 aromatic rings. The number of carbonyl (C=O) groups is 1. The highest BCUT2D eigenvalue weighted by molar-refractivity contribution is 5.77. The summed E-state index contributed by atoms with van der Waals surface area (Å²) >= 11 is 0. The average molecular weight is 377 g/mol. The van der Waals surface area contributed by atoms with Gasteiger partial charge in [-0.15, -0.1) is 0 Å². The number of piperidine rings is 1. The van der Waals surface area contributed by atoms with Crippen molar-refractivity contribution in [3.05, 3.63) is 54.4 Å². The van der Waals surface area contributed by atoms with Crippen LogP contribution in [0.1, 0.15) is 18.4 Å². The van der Waals surface area contributed by atoms with Gasteiger partial charge in [0.1, 0.15) is 5.82 Å². The molecule has 0 spiro atoms. The zero-order valence-corrected chi connectivity index (χ0v) is 15.8. The Labute approximate surface area is 163 Å². The second-order valence-corrected chi connectivity index (χ2v) is 7.10. The number of aryl methyl sites for hydroxylation is 1. The highest BCUT2D eigenvalue weighted by atomic mass is 16.4. The lowest BCUT2D eigenvalue weighted by atomic mass is 9.97. The van der Waals surface area contributed by atoms with E-state index in [0.717, 1.165) is 35.5 Å². The molecule has 0 radical (unpaired) electrons. The molecule has 1 fully saturated rings. The van der Waals surface area contributed by atoms with Crippen molar-refractivity contribution in [1.82, 2.24) is 9.97 Å². The largest absolute Gasteiger partial charge is 0.423 e. The third-order valence-electron chi connectivity index (χ3n) is 5.00. The van der Waals surface area contributed by atoms with Crippen molar-refractivity contribution in [2.24, 2.45) is 11.7 Å². The summed E-state index contributed by atoms with van der Waals surface area (Å²) in [6.45, 7) is 3.47. The molecule has 1 aliphatic rings. The summed E-state index contributed by atoms with van der Waals surface area (Å²) in [4.78, 5) is 22.1. The summed E-state index contributed by atoms with van der Waals surface area (Å²) in [6, 6.07) is 12.5. The summed E-state index contributed by atoms with van der Waals surface area (Å²) in [7, 11) is 0. The first-order chi connectivity index (χ1) is 13.6. The van der Waals surface area contributed by atoms with E-state index in [9.17, 15) is 4.79 Å². The molecule has 1 aliphatic heterocycles. The SMILES string of the molecule is Cc1ccnc(Nc2cccc(-c3cnc(N4CCC(C(N)=O)CC4)o3)c2)c1. The second kappa shape index (κ2) is 7.72. The number of anilines is 3. The van der Waals surface area contributed by atoms with Gasteiger partial charge in [0.05, 0.1) is 6.20 Å². The van der Waals surface area contributed by atoms with Crippen LogP contribution in [0.5, 0.6) is 0 Å². The topological polar surface area (TPSA) is 97.3 Å². The van der Waals surface area contributed by atoms with Gasteiger partial charge in [0.25, 0.3) is 6.01 Å². The molecular formula is C21H23N5O2. The fourth-order valence-electron chi connectivity index (χ4n) is 3.40. The summed E-state index contributed by atoms with van der Waals surface area (Å²) in [6.07, 6.45) is 4.98. The molecule has 1 amide bonds. The maximum absolute atomic E-state index is 11.3. The van der Waals surface area contributed by atoms with Crippen LogP contribution in [0.3, 0.4) is 0 Å². The van der Waals surface area contributed by atoms with E-state index in [1.165, 1.54) is 0 Å². The summed E-state index contributed by atoms with van der Waals surface area (Å²) in [5.74, 6) is 1.23. The molecule has 1 saturated heterocycles. The van der Waals surface area contributed by atoms with Crippen molar-refractivity contribution in [1.29, 1.82) is 0 Å². The minimum atomic E-state index is -0.222. The molecule has 3 N–H and O–H groups in total. The van der Waals surface area contributed by atoms with Gasteiger partial charge < -0.3 is 20.4 Å². The number of hydrogen-bond donors (Lipinski definition) is 2. The standard InChI is InChI=1S/C21H23N5O2/c1-14-5-8-23-19(11-14)25-17-4-2-3-16(12-17)18-13-24-21(28-18)26-9-6-15(7-10-26)20(22)27/h2-5,8,11-13,15H,6-7,9-10H2,1H3,(H2,22,27)(H,23,25). The molecule has 0 bridgehead atoms. The molecule has 7 heteroatoms. The van der Waals surface area contributed by atoms with E-state index in [1.54, 1.807) is 12.4 Å². The molecular weight excluding hydrogens is 354 g/mol. The zero-order valence-electron chi connectivity index (χ0n) is 15.8. The minimum Gasteiger partial charge on any atom is -0.423 e. The Hall–Kier alpha value is -3.35. The van der Waals surface area contributed by atoms with Gasteiger partial charge in [0.15, 0.2) is 5.76 Å². The number of benzene rings is 1. The third-order valence-corrected chi connectivity index (χ3v) is 5.00. The van der Waals surface area contributed by atoms with E-state index < -0.39 is 0 Å². The number of primary amides is 1. The zero-order chi connectivity index (χ0) is 19.5. The van der Waals surface area contributed by atoms with Gasteiger partial charge in [-0.2, -0.15) is 0 Å². The van der Waals surface area contributed by atoms with Gasteiger partial charge in [-0.3, -0.25) is 4.79 Å². The van der Waals surface area contributed by atoms with Gasteiger partial charge in [-0.1, -0.05) is 12.1 Å². The van der Waals surface area contributed by atoms with Crippen LogP contribution in [0.4, 0.5) is 17.5 Å². The van der Waals surface area contributed by atoms with E-state index in [0.29, 0.717) is 24.9 Å². The number of pyridine rings is 1. The number of nitrogens with one attached hydrogen (secondary N) is 1. The molecule has 144 valence electrons. The Kier molecular flexibility index (Phi) is 4.97. The highest BCUT2D eigenvalue weighted by Gasteiger charge is 2.25. The minimum absolute atomic E-state index is 0.0522. The van der Waals surface area contributed by atoms with E-state index in [2.05, 4.69) is 20.2 Å². The second-order valence-electron chi connectivity index (χ2n) is 7.10. The normalized spacial score (nSPS) is 14.8. The Morgan fingerprint density at radius 2 is 2.04 bits per heavy atom. The fraction of sp³-hybridized carbons (Fsp3) is 0.286. The first-order valence-corrected chi connectivity index (χ1v) is 9.39. The van der Waals surface area contributed by atoms with Crippen LogP contribution < -0.4 is 16.0 Å². The van der Waals surface area contributed by atoms with Crippen LogP contribution >= 0.6 is 0 Å². The van der Waals surface area contributed by atoms with Crippen molar-refractivity contribution in [2.45, 2.75) is 19.8 Å². The van der Waals surface area contributed by atoms with Crippen LogP contribution in [0.2, 0.25) is 0 Å².